The van der Waals surface area contributed by atoms with Crippen LogP contribution in [-0.4, -0.2) is 76.8 Å². The van der Waals surface area contributed by atoms with Crippen molar-refractivity contribution in [3.05, 3.63) is 47.5 Å². The minimum Gasteiger partial charge on any atom is -0.493 e. The van der Waals surface area contributed by atoms with Gasteiger partial charge in [0.15, 0.2) is 17.8 Å². The normalized spacial score (nSPS) is 18.8. The Morgan fingerprint density at radius 2 is 1.80 bits per heavy atom. The Balaban J connectivity index is 1.44. The van der Waals surface area contributed by atoms with Crippen molar-refractivity contribution in [1.29, 1.82) is 0 Å². The molecule has 4 rings (SSSR count). The predicted octanol–water partition coefficient (Wildman–Crippen LogP) is 2.72. The number of fused-ring (bicyclic) bond motifs is 1. The first-order valence-electron chi connectivity index (χ1n) is 10.4. The van der Waals surface area contributed by atoms with E-state index in [4.69, 9.17) is 14.5 Å². The molecule has 7 nitrogen and oxygen atoms in total. The minimum atomic E-state index is -0.136. The van der Waals surface area contributed by atoms with Gasteiger partial charge in [0.05, 0.1) is 14.2 Å². The molecule has 0 bridgehead atoms. The van der Waals surface area contributed by atoms with Gasteiger partial charge in [0.25, 0.3) is 0 Å². The summed E-state index contributed by atoms with van der Waals surface area (Å²) in [6.07, 6.45) is 1.76. The Morgan fingerprint density at radius 1 is 1.07 bits per heavy atom. The summed E-state index contributed by atoms with van der Waals surface area (Å²) in [6.45, 7) is 5.18. The Kier molecular flexibility index (Phi) is 6.11. The summed E-state index contributed by atoms with van der Waals surface area (Å²) in [7, 11) is 7.57. The first-order chi connectivity index (χ1) is 14.6. The second kappa shape index (κ2) is 8.93. The molecule has 0 radical (unpaired) electrons. The van der Waals surface area contributed by atoms with Crippen LogP contribution in [0.3, 0.4) is 0 Å². The minimum absolute atomic E-state index is 0.136. The molecule has 0 aromatic heterocycles. The molecular weight excluding hydrogens is 378 g/mol. The maximum atomic E-state index is 5.44. The Bertz CT molecular complexity index is 908. The smallest absolute Gasteiger partial charge is 0.176 e. The molecule has 7 heteroatoms. The van der Waals surface area contributed by atoms with Gasteiger partial charge in [0, 0.05) is 61.9 Å². The number of piperazine rings is 1. The van der Waals surface area contributed by atoms with E-state index < -0.39 is 0 Å². The predicted molar refractivity (Wildman–Crippen MR) is 122 cm³/mol. The summed E-state index contributed by atoms with van der Waals surface area (Å²) in [6, 6.07) is 12.8. The van der Waals surface area contributed by atoms with E-state index in [1.807, 2.05) is 18.3 Å². The van der Waals surface area contributed by atoms with E-state index in [1.54, 1.807) is 14.2 Å². The Morgan fingerprint density at radius 3 is 2.53 bits per heavy atom. The summed E-state index contributed by atoms with van der Waals surface area (Å²) in [5.74, 6) is 1.41. The monoisotopic (exact) mass is 409 g/mol. The van der Waals surface area contributed by atoms with Crippen LogP contribution in [0.5, 0.6) is 11.5 Å². The van der Waals surface area contributed by atoms with Crippen LogP contribution in [-0.2, 0) is 6.54 Å². The van der Waals surface area contributed by atoms with E-state index in [2.05, 4.69) is 58.4 Å². The number of methoxy groups -OCH3 is 2. The zero-order valence-corrected chi connectivity index (χ0v) is 18.3. The molecule has 2 aromatic rings. The summed E-state index contributed by atoms with van der Waals surface area (Å²) in [4.78, 5) is 11.8. The van der Waals surface area contributed by atoms with Crippen LogP contribution in [0.4, 0.5) is 11.4 Å². The van der Waals surface area contributed by atoms with E-state index in [-0.39, 0.29) is 6.29 Å². The molecule has 30 heavy (non-hydrogen) atoms. The first-order valence-corrected chi connectivity index (χ1v) is 10.4. The second-order valence-electron chi connectivity index (χ2n) is 7.97. The summed E-state index contributed by atoms with van der Waals surface area (Å²) < 4.78 is 10.8. The van der Waals surface area contributed by atoms with Crippen LogP contribution in [0.1, 0.15) is 11.1 Å². The average molecular weight is 410 g/mol. The van der Waals surface area contributed by atoms with Crippen molar-refractivity contribution in [3.63, 3.8) is 0 Å². The highest BCUT2D eigenvalue weighted by molar-refractivity contribution is 5.91. The van der Waals surface area contributed by atoms with Crippen molar-refractivity contribution in [2.75, 3.05) is 64.7 Å². The van der Waals surface area contributed by atoms with Gasteiger partial charge in [-0.2, -0.15) is 0 Å². The fourth-order valence-corrected chi connectivity index (χ4v) is 3.97. The van der Waals surface area contributed by atoms with Gasteiger partial charge in [0.1, 0.15) is 0 Å². The Labute approximate surface area is 178 Å². The highest BCUT2D eigenvalue weighted by Gasteiger charge is 2.21. The van der Waals surface area contributed by atoms with Gasteiger partial charge in [-0.05, 0) is 37.9 Å². The lowest BCUT2D eigenvalue weighted by Crippen LogP contribution is -2.44. The lowest BCUT2D eigenvalue weighted by atomic mass is 10.1. The number of ether oxygens (including phenoxy) is 2. The molecular formula is C23H31N5O2. The number of rotatable bonds is 6. The molecule has 2 aliphatic rings. The second-order valence-corrected chi connectivity index (χ2v) is 7.97. The van der Waals surface area contributed by atoms with Gasteiger partial charge in [-0.1, -0.05) is 12.1 Å². The van der Waals surface area contributed by atoms with Gasteiger partial charge in [0.2, 0.25) is 0 Å². The van der Waals surface area contributed by atoms with Gasteiger partial charge >= 0.3 is 0 Å². The number of benzene rings is 2. The molecule has 0 aliphatic carbocycles. The van der Waals surface area contributed by atoms with Crippen molar-refractivity contribution in [1.82, 2.24) is 9.80 Å². The van der Waals surface area contributed by atoms with Crippen LogP contribution in [0, 0.1) is 0 Å². The van der Waals surface area contributed by atoms with Crippen LogP contribution in [0.2, 0.25) is 0 Å². The van der Waals surface area contributed by atoms with E-state index in [0.29, 0.717) is 11.5 Å². The molecule has 0 spiro atoms. The van der Waals surface area contributed by atoms with Crippen molar-refractivity contribution in [2.24, 2.45) is 4.99 Å². The third kappa shape index (κ3) is 4.37. The molecule has 0 amide bonds. The first kappa shape index (κ1) is 20.5. The molecule has 2 aliphatic heterocycles. The van der Waals surface area contributed by atoms with Gasteiger partial charge in [-0.25, -0.2) is 0 Å². The number of aliphatic imine (C=N–C) groups is 1. The molecule has 1 fully saturated rings. The third-order valence-electron chi connectivity index (χ3n) is 5.82. The summed E-state index contributed by atoms with van der Waals surface area (Å²) in [5, 5.41) is 3.50. The standard InChI is InChI=1S/C23H31N5O2/c1-26-8-10-28(11-9-26)19-7-5-6-17(12-19)16-27(2)23-24-15-18-13-21(29-3)22(30-4)14-20(18)25-23/h5-7,12-15,23,25H,8-11,16H2,1-4H3. The van der Waals surface area contributed by atoms with Crippen molar-refractivity contribution in [3.8, 4) is 11.5 Å². The topological polar surface area (TPSA) is 52.6 Å². The summed E-state index contributed by atoms with van der Waals surface area (Å²) >= 11 is 0. The average Bonchev–Trinajstić information content (AvgIpc) is 2.78. The lowest BCUT2D eigenvalue weighted by Gasteiger charge is -2.34. The number of hydrogen-bond acceptors (Lipinski definition) is 7. The molecule has 2 aromatic carbocycles. The zero-order valence-electron chi connectivity index (χ0n) is 18.3. The number of nitrogens with zero attached hydrogens (tertiary/aromatic N) is 4. The van der Waals surface area contributed by atoms with Gasteiger partial charge in [-0.15, -0.1) is 0 Å². The molecule has 2 heterocycles. The molecule has 1 unspecified atom stereocenters. The molecule has 1 atom stereocenters. The molecule has 1 N–H and O–H groups in total. The van der Waals surface area contributed by atoms with Crippen LogP contribution < -0.4 is 19.7 Å². The number of nitrogens with one attached hydrogen (secondary N) is 1. The Hall–Kier alpha value is -2.77. The largest absolute Gasteiger partial charge is 0.493 e. The molecule has 0 saturated carbocycles. The summed E-state index contributed by atoms with van der Waals surface area (Å²) in [5.41, 5.74) is 4.57. The highest BCUT2D eigenvalue weighted by atomic mass is 16.5. The maximum absolute atomic E-state index is 5.44. The third-order valence-corrected chi connectivity index (χ3v) is 5.82. The molecule has 1 saturated heterocycles. The maximum Gasteiger partial charge on any atom is 0.176 e. The SMILES string of the molecule is COc1cc2c(cc1OC)NC(N(C)Cc1cccc(N3CCN(C)CC3)c1)N=C2. The van der Waals surface area contributed by atoms with E-state index in [9.17, 15) is 0 Å². The van der Waals surface area contributed by atoms with Gasteiger partial charge < -0.3 is 24.6 Å². The van der Waals surface area contributed by atoms with Crippen LogP contribution >= 0.6 is 0 Å². The number of likely N-dealkylation sites (N-methyl/N-ethyl adjacent to an activating group) is 1. The lowest BCUT2D eigenvalue weighted by molar-refractivity contribution is 0.263. The van der Waals surface area contributed by atoms with Crippen molar-refractivity contribution < 1.29 is 9.47 Å². The van der Waals surface area contributed by atoms with Crippen LogP contribution in [0.25, 0.3) is 0 Å². The van der Waals surface area contributed by atoms with Crippen molar-refractivity contribution >= 4 is 17.6 Å². The van der Waals surface area contributed by atoms with Crippen LogP contribution in [0.15, 0.2) is 41.4 Å². The van der Waals surface area contributed by atoms with E-state index in [0.717, 1.165) is 44.0 Å². The van der Waals surface area contributed by atoms with Crippen molar-refractivity contribution in [2.45, 2.75) is 12.8 Å². The number of anilines is 2. The quantitative estimate of drug-likeness (QED) is 0.792. The van der Waals surface area contributed by atoms with E-state index >= 15 is 0 Å². The van der Waals surface area contributed by atoms with Gasteiger partial charge in [-0.3, -0.25) is 9.89 Å². The number of hydrogen-bond donors (Lipinski definition) is 1. The fourth-order valence-electron chi connectivity index (χ4n) is 3.97. The zero-order chi connectivity index (χ0) is 21.1. The molecule has 160 valence electrons. The highest BCUT2D eigenvalue weighted by Crippen LogP contribution is 2.34. The van der Waals surface area contributed by atoms with E-state index in [1.165, 1.54) is 11.3 Å². The fraction of sp³-hybridized carbons (Fsp3) is 0.435.